The summed E-state index contributed by atoms with van der Waals surface area (Å²) >= 11 is 5.12. The van der Waals surface area contributed by atoms with Gasteiger partial charge in [0.1, 0.15) is 0 Å². The molecule has 3 rings (SSSR count). The second-order valence-electron chi connectivity index (χ2n) is 6.24. The summed E-state index contributed by atoms with van der Waals surface area (Å²) in [5.74, 6) is 0.0663. The summed E-state index contributed by atoms with van der Waals surface area (Å²) in [5, 5.41) is 2.98. The van der Waals surface area contributed by atoms with E-state index < -0.39 is 0 Å². The Balaban J connectivity index is 1.82. The van der Waals surface area contributed by atoms with Crippen LogP contribution in [0.1, 0.15) is 32.3 Å². The molecular weight excluding hydrogens is 318 g/mol. The van der Waals surface area contributed by atoms with Crippen molar-refractivity contribution in [1.82, 2.24) is 5.32 Å². The van der Waals surface area contributed by atoms with Gasteiger partial charge in [0, 0.05) is 23.1 Å². The van der Waals surface area contributed by atoms with Crippen LogP contribution in [0.2, 0.25) is 0 Å². The first kappa shape index (κ1) is 16.6. The Morgan fingerprint density at radius 3 is 2.88 bits per heavy atom. The molecule has 0 bridgehead atoms. The Morgan fingerprint density at radius 2 is 2.17 bits per heavy atom. The SMILES string of the molecule is CCC(C)[C@H](NC(=O)C1=CCC2=Nc3ccccc3C2=C1)C(N)=S. The number of fused-ring (bicyclic) bond motifs is 3. The van der Waals surface area contributed by atoms with Crippen molar-refractivity contribution in [1.29, 1.82) is 0 Å². The van der Waals surface area contributed by atoms with E-state index in [9.17, 15) is 4.79 Å². The van der Waals surface area contributed by atoms with Crippen LogP contribution in [0.3, 0.4) is 0 Å². The number of nitrogens with two attached hydrogens (primary N) is 1. The highest BCUT2D eigenvalue weighted by atomic mass is 32.1. The van der Waals surface area contributed by atoms with E-state index in [1.54, 1.807) is 0 Å². The van der Waals surface area contributed by atoms with Crippen molar-refractivity contribution in [3.8, 4) is 0 Å². The molecule has 1 aromatic rings. The first-order chi connectivity index (χ1) is 11.5. The lowest BCUT2D eigenvalue weighted by Gasteiger charge is -2.24. The summed E-state index contributed by atoms with van der Waals surface area (Å²) in [5.41, 5.74) is 10.5. The number of para-hydroxylation sites is 1. The third-order valence-electron chi connectivity index (χ3n) is 4.64. The second kappa shape index (κ2) is 6.69. The number of allylic oxidation sites excluding steroid dienone is 2. The van der Waals surface area contributed by atoms with E-state index in [1.807, 2.05) is 43.3 Å². The molecule has 3 N–H and O–H groups in total. The molecule has 0 saturated heterocycles. The minimum atomic E-state index is -0.289. The van der Waals surface area contributed by atoms with Gasteiger partial charge in [0.05, 0.1) is 22.4 Å². The number of aliphatic imine (C=N–C) groups is 1. The normalized spacial score (nSPS) is 17.7. The maximum Gasteiger partial charge on any atom is 0.251 e. The molecule has 1 aromatic carbocycles. The second-order valence-corrected chi connectivity index (χ2v) is 6.71. The minimum absolute atomic E-state index is 0.135. The zero-order valence-electron chi connectivity index (χ0n) is 13.9. The van der Waals surface area contributed by atoms with E-state index >= 15 is 0 Å². The van der Waals surface area contributed by atoms with Gasteiger partial charge in [-0.05, 0) is 18.1 Å². The molecule has 0 saturated carbocycles. The summed E-state index contributed by atoms with van der Waals surface area (Å²) in [6, 6.07) is 7.70. The molecule has 1 unspecified atom stereocenters. The Hall–Kier alpha value is -2.27. The zero-order chi connectivity index (χ0) is 17.3. The van der Waals surface area contributed by atoms with Gasteiger partial charge >= 0.3 is 0 Å². The Morgan fingerprint density at radius 1 is 1.42 bits per heavy atom. The van der Waals surface area contributed by atoms with E-state index in [-0.39, 0.29) is 17.9 Å². The summed E-state index contributed by atoms with van der Waals surface area (Å²) in [6.45, 7) is 4.10. The predicted octanol–water partition coefficient (Wildman–Crippen LogP) is 3.30. The molecule has 124 valence electrons. The van der Waals surface area contributed by atoms with E-state index in [1.165, 1.54) is 0 Å². The van der Waals surface area contributed by atoms with E-state index in [2.05, 4.69) is 17.2 Å². The first-order valence-electron chi connectivity index (χ1n) is 8.20. The molecule has 0 radical (unpaired) electrons. The summed E-state index contributed by atoms with van der Waals surface area (Å²) < 4.78 is 0. The maximum absolute atomic E-state index is 12.7. The lowest BCUT2D eigenvalue weighted by atomic mass is 9.92. The van der Waals surface area contributed by atoms with E-state index in [0.29, 0.717) is 17.0 Å². The highest BCUT2D eigenvalue weighted by molar-refractivity contribution is 7.80. The number of thiocarbonyl (C=S) groups is 1. The van der Waals surface area contributed by atoms with Gasteiger partial charge in [0.15, 0.2) is 0 Å². The number of rotatable bonds is 5. The van der Waals surface area contributed by atoms with Crippen LogP contribution < -0.4 is 11.1 Å². The maximum atomic E-state index is 12.7. The molecule has 2 atom stereocenters. The average molecular weight is 339 g/mol. The van der Waals surface area contributed by atoms with Crippen molar-refractivity contribution in [2.75, 3.05) is 0 Å². The van der Waals surface area contributed by atoms with Crippen LogP contribution in [0, 0.1) is 5.92 Å². The lowest BCUT2D eigenvalue weighted by molar-refractivity contribution is -0.117. The lowest BCUT2D eigenvalue weighted by Crippen LogP contribution is -2.47. The van der Waals surface area contributed by atoms with Gasteiger partial charge in [-0.3, -0.25) is 9.79 Å². The molecular formula is C19H21N3OS. The molecule has 1 aliphatic heterocycles. The summed E-state index contributed by atoms with van der Waals surface area (Å²) in [4.78, 5) is 17.6. The highest BCUT2D eigenvalue weighted by Gasteiger charge is 2.26. The van der Waals surface area contributed by atoms with Crippen LogP contribution >= 0.6 is 12.2 Å². The Labute approximate surface area is 147 Å². The van der Waals surface area contributed by atoms with Crippen molar-refractivity contribution < 1.29 is 4.79 Å². The van der Waals surface area contributed by atoms with Gasteiger partial charge < -0.3 is 11.1 Å². The van der Waals surface area contributed by atoms with Crippen molar-refractivity contribution in [3.63, 3.8) is 0 Å². The van der Waals surface area contributed by atoms with Crippen LogP contribution in [-0.4, -0.2) is 22.6 Å². The van der Waals surface area contributed by atoms with E-state index in [4.69, 9.17) is 18.0 Å². The molecule has 24 heavy (non-hydrogen) atoms. The van der Waals surface area contributed by atoms with Crippen LogP contribution in [0.15, 0.2) is 47.0 Å². The van der Waals surface area contributed by atoms with Gasteiger partial charge in [-0.15, -0.1) is 0 Å². The van der Waals surface area contributed by atoms with Gasteiger partial charge in [0.25, 0.3) is 5.91 Å². The number of nitrogens with zero attached hydrogens (tertiary/aromatic N) is 1. The number of amides is 1. The molecule has 4 nitrogen and oxygen atoms in total. The number of nitrogens with one attached hydrogen (secondary N) is 1. The molecule has 1 aliphatic carbocycles. The molecule has 2 aliphatic rings. The van der Waals surface area contributed by atoms with Crippen molar-refractivity contribution in [2.45, 2.75) is 32.7 Å². The monoisotopic (exact) mass is 339 g/mol. The molecule has 1 heterocycles. The summed E-state index contributed by atoms with van der Waals surface area (Å²) in [6.07, 6.45) is 5.38. The standard InChI is InChI=1S/C19H21N3OS/c1-3-11(2)17(18(20)24)22-19(23)12-8-9-16-14(10-12)13-6-4-5-7-15(13)21-16/h4-8,10-11,17H,3,9H2,1-2H3,(H2,20,24)(H,22,23)/t11?,17-/m0/s1. The van der Waals surface area contributed by atoms with Crippen molar-refractivity contribution in [3.05, 3.63) is 47.6 Å². The molecule has 0 fully saturated rings. The number of benzene rings is 1. The third-order valence-corrected chi connectivity index (χ3v) is 4.90. The highest BCUT2D eigenvalue weighted by Crippen LogP contribution is 2.38. The van der Waals surface area contributed by atoms with Crippen LogP contribution in [-0.2, 0) is 4.79 Å². The number of hydrogen-bond donors (Lipinski definition) is 2. The quantitative estimate of drug-likeness (QED) is 0.809. The number of carbonyl (C=O) groups excluding carboxylic acids is 1. The van der Waals surface area contributed by atoms with Gasteiger partial charge in [0.2, 0.25) is 0 Å². The van der Waals surface area contributed by atoms with Crippen LogP contribution in [0.4, 0.5) is 5.69 Å². The molecule has 0 spiro atoms. The fraction of sp³-hybridized carbons (Fsp3) is 0.316. The van der Waals surface area contributed by atoms with E-state index in [0.717, 1.165) is 29.0 Å². The predicted molar refractivity (Wildman–Crippen MR) is 102 cm³/mol. The minimum Gasteiger partial charge on any atom is -0.392 e. The topological polar surface area (TPSA) is 67.5 Å². The Kier molecular flexibility index (Phi) is 4.62. The van der Waals surface area contributed by atoms with Crippen molar-refractivity contribution >= 4 is 40.1 Å². The van der Waals surface area contributed by atoms with Gasteiger partial charge in [-0.2, -0.15) is 0 Å². The molecule has 5 heteroatoms. The first-order valence-corrected chi connectivity index (χ1v) is 8.61. The van der Waals surface area contributed by atoms with Gasteiger partial charge in [-0.25, -0.2) is 0 Å². The Bertz CT molecular complexity index is 792. The number of carbonyl (C=O) groups is 1. The fourth-order valence-corrected chi connectivity index (χ4v) is 3.30. The summed E-state index contributed by atoms with van der Waals surface area (Å²) in [7, 11) is 0. The largest absolute Gasteiger partial charge is 0.392 e. The van der Waals surface area contributed by atoms with Gasteiger partial charge in [-0.1, -0.05) is 56.8 Å². The third kappa shape index (κ3) is 3.04. The zero-order valence-corrected chi connectivity index (χ0v) is 14.7. The fourth-order valence-electron chi connectivity index (χ4n) is 3.01. The van der Waals surface area contributed by atoms with Crippen LogP contribution in [0.5, 0.6) is 0 Å². The smallest absolute Gasteiger partial charge is 0.251 e. The molecule has 1 amide bonds. The average Bonchev–Trinajstić information content (AvgIpc) is 2.96. The number of hydrogen-bond acceptors (Lipinski definition) is 3. The van der Waals surface area contributed by atoms with Crippen LogP contribution in [0.25, 0.3) is 5.57 Å². The van der Waals surface area contributed by atoms with Crippen molar-refractivity contribution in [2.24, 2.45) is 16.6 Å². The molecule has 0 aromatic heterocycles.